The number of piperazine rings is 1. The zero-order valence-electron chi connectivity index (χ0n) is 12.0. The molecule has 2 aromatic rings. The maximum Gasteiger partial charge on any atom is 0.159 e. The monoisotopic (exact) mass is 268 g/mol. The standard InChI is InChI=1S/C16H20N4/c1-12-9-18-16(19-10-12)14-3-5-15(6-4-14)20-8-7-17-13(2)11-20/h3-6,9-10,13,17H,7-8,11H2,1-2H3/t13-/m0/s1. The van der Waals surface area contributed by atoms with Gasteiger partial charge in [0.15, 0.2) is 5.82 Å². The summed E-state index contributed by atoms with van der Waals surface area (Å²) >= 11 is 0. The Hall–Kier alpha value is -1.94. The molecule has 1 saturated heterocycles. The predicted octanol–water partition coefficient (Wildman–Crippen LogP) is 2.25. The van der Waals surface area contributed by atoms with E-state index in [2.05, 4.69) is 51.4 Å². The van der Waals surface area contributed by atoms with Gasteiger partial charge in [-0.05, 0) is 43.7 Å². The number of nitrogens with zero attached hydrogens (tertiary/aromatic N) is 3. The minimum atomic E-state index is 0.545. The second-order valence-electron chi connectivity index (χ2n) is 5.43. The van der Waals surface area contributed by atoms with Crippen LogP contribution in [0.15, 0.2) is 36.7 Å². The fourth-order valence-corrected chi connectivity index (χ4v) is 2.53. The van der Waals surface area contributed by atoms with E-state index in [0.717, 1.165) is 36.6 Å². The number of nitrogens with one attached hydrogen (secondary N) is 1. The highest BCUT2D eigenvalue weighted by Crippen LogP contribution is 2.21. The van der Waals surface area contributed by atoms with Gasteiger partial charge in [0.2, 0.25) is 0 Å². The Morgan fingerprint density at radius 1 is 1.15 bits per heavy atom. The van der Waals surface area contributed by atoms with Crippen LogP contribution in [0.5, 0.6) is 0 Å². The van der Waals surface area contributed by atoms with Crippen LogP contribution in [0.1, 0.15) is 12.5 Å². The number of aromatic nitrogens is 2. The second-order valence-corrected chi connectivity index (χ2v) is 5.43. The Labute approximate surface area is 119 Å². The fourth-order valence-electron chi connectivity index (χ4n) is 2.53. The lowest BCUT2D eigenvalue weighted by Gasteiger charge is -2.33. The van der Waals surface area contributed by atoms with Gasteiger partial charge in [0, 0.05) is 49.3 Å². The summed E-state index contributed by atoms with van der Waals surface area (Å²) < 4.78 is 0. The van der Waals surface area contributed by atoms with E-state index in [1.807, 2.05) is 19.3 Å². The maximum absolute atomic E-state index is 4.37. The molecule has 4 heteroatoms. The van der Waals surface area contributed by atoms with E-state index < -0.39 is 0 Å². The summed E-state index contributed by atoms with van der Waals surface area (Å²) in [6, 6.07) is 9.08. The normalized spacial score (nSPS) is 19.1. The van der Waals surface area contributed by atoms with Crippen LogP contribution in [0.2, 0.25) is 0 Å². The van der Waals surface area contributed by atoms with Crippen LogP contribution >= 0.6 is 0 Å². The Kier molecular flexibility index (Phi) is 3.65. The predicted molar refractivity (Wildman–Crippen MR) is 81.9 cm³/mol. The van der Waals surface area contributed by atoms with E-state index in [0.29, 0.717) is 6.04 Å². The summed E-state index contributed by atoms with van der Waals surface area (Å²) in [5.41, 5.74) is 3.42. The summed E-state index contributed by atoms with van der Waals surface area (Å²) in [7, 11) is 0. The Balaban J connectivity index is 1.78. The first kappa shape index (κ1) is 13.1. The molecular weight excluding hydrogens is 248 g/mol. The Morgan fingerprint density at radius 2 is 1.85 bits per heavy atom. The van der Waals surface area contributed by atoms with Crippen LogP contribution in [-0.4, -0.2) is 35.6 Å². The molecule has 1 aliphatic rings. The molecule has 4 nitrogen and oxygen atoms in total. The van der Waals surface area contributed by atoms with Gasteiger partial charge in [-0.3, -0.25) is 0 Å². The van der Waals surface area contributed by atoms with Crippen LogP contribution in [0.25, 0.3) is 11.4 Å². The molecular formula is C16H20N4. The molecule has 1 atom stereocenters. The van der Waals surface area contributed by atoms with Crippen molar-refractivity contribution in [1.29, 1.82) is 0 Å². The van der Waals surface area contributed by atoms with Gasteiger partial charge in [0.05, 0.1) is 0 Å². The first-order chi connectivity index (χ1) is 9.72. The van der Waals surface area contributed by atoms with Crippen molar-refractivity contribution in [3.05, 3.63) is 42.2 Å². The molecule has 0 saturated carbocycles. The Bertz CT molecular complexity index is 562. The molecule has 0 aliphatic carbocycles. The highest BCUT2D eigenvalue weighted by Gasteiger charge is 2.15. The second kappa shape index (κ2) is 5.59. The number of benzene rings is 1. The van der Waals surface area contributed by atoms with Crippen molar-refractivity contribution in [3.8, 4) is 11.4 Å². The van der Waals surface area contributed by atoms with E-state index >= 15 is 0 Å². The molecule has 0 spiro atoms. The summed E-state index contributed by atoms with van der Waals surface area (Å²) in [6.07, 6.45) is 3.71. The molecule has 1 aromatic carbocycles. The number of rotatable bonds is 2. The van der Waals surface area contributed by atoms with Gasteiger partial charge >= 0.3 is 0 Å². The van der Waals surface area contributed by atoms with E-state index in [-0.39, 0.29) is 0 Å². The van der Waals surface area contributed by atoms with Crippen LogP contribution < -0.4 is 10.2 Å². The first-order valence-corrected chi connectivity index (χ1v) is 7.10. The van der Waals surface area contributed by atoms with Gasteiger partial charge < -0.3 is 10.2 Å². The van der Waals surface area contributed by atoms with Gasteiger partial charge in [-0.2, -0.15) is 0 Å². The van der Waals surface area contributed by atoms with Gasteiger partial charge in [0.25, 0.3) is 0 Å². The molecule has 1 aromatic heterocycles. The van der Waals surface area contributed by atoms with Crippen LogP contribution in [0.4, 0.5) is 5.69 Å². The lowest BCUT2D eigenvalue weighted by Crippen LogP contribution is -2.49. The average molecular weight is 268 g/mol. The van der Waals surface area contributed by atoms with Crippen molar-refractivity contribution in [2.75, 3.05) is 24.5 Å². The average Bonchev–Trinajstić information content (AvgIpc) is 2.48. The van der Waals surface area contributed by atoms with Gasteiger partial charge in [-0.15, -0.1) is 0 Å². The molecule has 0 bridgehead atoms. The molecule has 0 radical (unpaired) electrons. The van der Waals surface area contributed by atoms with E-state index in [1.165, 1.54) is 5.69 Å². The van der Waals surface area contributed by atoms with Crippen molar-refractivity contribution in [1.82, 2.24) is 15.3 Å². The topological polar surface area (TPSA) is 41.1 Å². The molecule has 104 valence electrons. The van der Waals surface area contributed by atoms with Crippen molar-refractivity contribution in [2.45, 2.75) is 19.9 Å². The quantitative estimate of drug-likeness (QED) is 0.907. The minimum Gasteiger partial charge on any atom is -0.369 e. The molecule has 0 unspecified atom stereocenters. The first-order valence-electron chi connectivity index (χ1n) is 7.10. The highest BCUT2D eigenvalue weighted by atomic mass is 15.2. The van der Waals surface area contributed by atoms with Crippen LogP contribution in [0.3, 0.4) is 0 Å². The highest BCUT2D eigenvalue weighted by molar-refractivity contribution is 5.60. The molecule has 1 aliphatic heterocycles. The molecule has 3 rings (SSSR count). The molecule has 0 amide bonds. The number of hydrogen-bond acceptors (Lipinski definition) is 4. The van der Waals surface area contributed by atoms with Gasteiger partial charge in [-0.25, -0.2) is 9.97 Å². The summed E-state index contributed by atoms with van der Waals surface area (Å²) in [5.74, 6) is 0.788. The smallest absolute Gasteiger partial charge is 0.159 e. The minimum absolute atomic E-state index is 0.545. The van der Waals surface area contributed by atoms with Gasteiger partial charge in [-0.1, -0.05) is 0 Å². The van der Waals surface area contributed by atoms with Crippen molar-refractivity contribution >= 4 is 5.69 Å². The van der Waals surface area contributed by atoms with Crippen molar-refractivity contribution in [3.63, 3.8) is 0 Å². The Morgan fingerprint density at radius 3 is 2.50 bits per heavy atom. The number of hydrogen-bond donors (Lipinski definition) is 1. The van der Waals surface area contributed by atoms with E-state index in [9.17, 15) is 0 Å². The maximum atomic E-state index is 4.37. The number of aryl methyl sites for hydroxylation is 1. The molecule has 1 N–H and O–H groups in total. The van der Waals surface area contributed by atoms with Crippen molar-refractivity contribution in [2.24, 2.45) is 0 Å². The van der Waals surface area contributed by atoms with Crippen LogP contribution in [0, 0.1) is 6.92 Å². The zero-order valence-corrected chi connectivity index (χ0v) is 12.0. The van der Waals surface area contributed by atoms with Gasteiger partial charge in [0.1, 0.15) is 0 Å². The summed E-state index contributed by atoms with van der Waals surface area (Å²) in [5, 5.41) is 3.46. The largest absolute Gasteiger partial charge is 0.369 e. The lowest BCUT2D eigenvalue weighted by molar-refractivity contribution is 0.485. The molecule has 20 heavy (non-hydrogen) atoms. The number of anilines is 1. The summed E-state index contributed by atoms with van der Waals surface area (Å²) in [4.78, 5) is 11.2. The molecule has 1 fully saturated rings. The van der Waals surface area contributed by atoms with E-state index in [4.69, 9.17) is 0 Å². The zero-order chi connectivity index (χ0) is 13.9. The van der Waals surface area contributed by atoms with E-state index in [1.54, 1.807) is 0 Å². The third-order valence-electron chi connectivity index (χ3n) is 3.64. The third-order valence-corrected chi connectivity index (χ3v) is 3.64. The lowest BCUT2D eigenvalue weighted by atomic mass is 10.1. The molecule has 2 heterocycles. The SMILES string of the molecule is Cc1cnc(-c2ccc(N3CCN[C@@H](C)C3)cc2)nc1. The van der Waals surface area contributed by atoms with Crippen molar-refractivity contribution < 1.29 is 0 Å². The summed E-state index contributed by atoms with van der Waals surface area (Å²) in [6.45, 7) is 7.38. The fraction of sp³-hybridized carbons (Fsp3) is 0.375. The van der Waals surface area contributed by atoms with Crippen LogP contribution in [-0.2, 0) is 0 Å². The third kappa shape index (κ3) is 2.80.